The van der Waals surface area contributed by atoms with Crippen molar-refractivity contribution < 1.29 is 19.0 Å². The number of ether oxygens (including phenoxy) is 1. The minimum Gasteiger partial charge on any atom is -0.497 e. The number of halogens is 1. The molecule has 2 aliphatic carbocycles. The van der Waals surface area contributed by atoms with Gasteiger partial charge in [-0.1, -0.05) is 0 Å². The number of hydrogen-bond donors (Lipinski definition) is 1. The Morgan fingerprint density at radius 2 is 2.20 bits per heavy atom. The molecular weight excluding hydrogens is 259 g/mol. The second-order valence-electron chi connectivity index (χ2n) is 5.87. The molecule has 3 nitrogen and oxygen atoms in total. The van der Waals surface area contributed by atoms with Gasteiger partial charge < -0.3 is 9.84 Å². The lowest BCUT2D eigenvalue weighted by molar-refractivity contribution is 0.0138. The predicted molar refractivity (Wildman–Crippen MR) is 72.8 cm³/mol. The molecule has 20 heavy (non-hydrogen) atoms. The standard InChI is InChI=1S/C16H19FO3/c1-20-11-5-6-12-10(9-11)3-2-4-13(14(12)18)15(19)16(17)7-8-16/h5-6,9,13,15,19H,2-4,7-8H2,1H3. The summed E-state index contributed by atoms with van der Waals surface area (Å²) in [4.78, 5) is 12.6. The molecule has 0 aromatic heterocycles. The van der Waals surface area contributed by atoms with Gasteiger partial charge in [-0.2, -0.15) is 0 Å². The first-order chi connectivity index (χ1) is 9.55. The minimum absolute atomic E-state index is 0.128. The first-order valence-corrected chi connectivity index (χ1v) is 7.13. The van der Waals surface area contributed by atoms with E-state index in [2.05, 4.69) is 0 Å². The third-order valence-corrected chi connectivity index (χ3v) is 4.51. The number of carbonyl (C=O) groups excluding carboxylic acids is 1. The summed E-state index contributed by atoms with van der Waals surface area (Å²) < 4.78 is 19.2. The summed E-state index contributed by atoms with van der Waals surface area (Å²) in [6.45, 7) is 0. The van der Waals surface area contributed by atoms with Crippen LogP contribution < -0.4 is 4.74 Å². The zero-order valence-electron chi connectivity index (χ0n) is 11.6. The second kappa shape index (κ2) is 4.85. The van der Waals surface area contributed by atoms with Crippen molar-refractivity contribution in [2.45, 2.75) is 43.9 Å². The molecule has 0 bridgehead atoms. The van der Waals surface area contributed by atoms with Crippen molar-refractivity contribution in [1.29, 1.82) is 0 Å². The maximum Gasteiger partial charge on any atom is 0.168 e. The molecule has 0 aliphatic heterocycles. The fourth-order valence-corrected chi connectivity index (χ4v) is 3.06. The van der Waals surface area contributed by atoms with E-state index in [4.69, 9.17) is 4.74 Å². The summed E-state index contributed by atoms with van der Waals surface area (Å²) in [6, 6.07) is 5.34. The molecule has 0 heterocycles. The van der Waals surface area contributed by atoms with E-state index in [-0.39, 0.29) is 5.78 Å². The van der Waals surface area contributed by atoms with E-state index in [0.717, 1.165) is 24.2 Å². The van der Waals surface area contributed by atoms with Crippen LogP contribution in [0.2, 0.25) is 0 Å². The number of aliphatic hydroxyl groups excluding tert-OH is 1. The van der Waals surface area contributed by atoms with E-state index in [9.17, 15) is 14.3 Å². The monoisotopic (exact) mass is 278 g/mol. The van der Waals surface area contributed by atoms with Gasteiger partial charge in [0.25, 0.3) is 0 Å². The lowest BCUT2D eigenvalue weighted by atomic mass is 9.87. The Hall–Kier alpha value is -1.42. The highest BCUT2D eigenvalue weighted by atomic mass is 19.1. The highest BCUT2D eigenvalue weighted by Gasteiger charge is 2.54. The molecule has 1 fully saturated rings. The van der Waals surface area contributed by atoms with Crippen LogP contribution in [0.3, 0.4) is 0 Å². The topological polar surface area (TPSA) is 46.5 Å². The molecule has 1 saturated carbocycles. The number of aryl methyl sites for hydroxylation is 1. The molecule has 1 aromatic rings. The van der Waals surface area contributed by atoms with Gasteiger partial charge in [0.2, 0.25) is 0 Å². The van der Waals surface area contributed by atoms with Gasteiger partial charge in [0.15, 0.2) is 5.78 Å². The fraction of sp³-hybridized carbons (Fsp3) is 0.562. The van der Waals surface area contributed by atoms with E-state index in [0.29, 0.717) is 24.8 Å². The third kappa shape index (κ3) is 2.22. The summed E-state index contributed by atoms with van der Waals surface area (Å²) in [6.07, 6.45) is 1.66. The summed E-state index contributed by atoms with van der Waals surface area (Å²) in [7, 11) is 1.59. The Morgan fingerprint density at radius 3 is 2.85 bits per heavy atom. The number of aliphatic hydroxyl groups is 1. The van der Waals surface area contributed by atoms with Crippen molar-refractivity contribution in [2.24, 2.45) is 5.92 Å². The van der Waals surface area contributed by atoms with Crippen LogP contribution in [-0.2, 0) is 6.42 Å². The van der Waals surface area contributed by atoms with Crippen LogP contribution in [-0.4, -0.2) is 29.8 Å². The number of benzene rings is 1. The molecule has 3 rings (SSSR count). The molecule has 108 valence electrons. The van der Waals surface area contributed by atoms with Crippen molar-refractivity contribution in [3.63, 3.8) is 0 Å². The van der Waals surface area contributed by atoms with Crippen LogP contribution in [0.1, 0.15) is 41.6 Å². The number of Topliss-reactive ketones (excluding diaryl/α,β-unsaturated/α-hetero) is 1. The van der Waals surface area contributed by atoms with Gasteiger partial charge in [0, 0.05) is 5.56 Å². The molecule has 4 heteroatoms. The molecule has 2 atom stereocenters. The van der Waals surface area contributed by atoms with Crippen LogP contribution in [0.4, 0.5) is 4.39 Å². The van der Waals surface area contributed by atoms with Gasteiger partial charge in [-0.3, -0.25) is 4.79 Å². The van der Waals surface area contributed by atoms with Gasteiger partial charge in [-0.15, -0.1) is 0 Å². The zero-order valence-corrected chi connectivity index (χ0v) is 11.6. The summed E-state index contributed by atoms with van der Waals surface area (Å²) in [5.41, 5.74) is 0.0152. The predicted octanol–water partition coefficient (Wildman–Crippen LogP) is 2.69. The first-order valence-electron chi connectivity index (χ1n) is 7.13. The second-order valence-corrected chi connectivity index (χ2v) is 5.87. The van der Waals surface area contributed by atoms with E-state index < -0.39 is 17.7 Å². The van der Waals surface area contributed by atoms with Gasteiger partial charge in [-0.05, 0) is 55.9 Å². The van der Waals surface area contributed by atoms with Gasteiger partial charge >= 0.3 is 0 Å². The largest absolute Gasteiger partial charge is 0.497 e. The molecule has 0 amide bonds. The summed E-state index contributed by atoms with van der Waals surface area (Å²) >= 11 is 0. The summed E-state index contributed by atoms with van der Waals surface area (Å²) in [5.74, 6) is -0.0200. The number of rotatable bonds is 3. The van der Waals surface area contributed by atoms with Crippen LogP contribution in [0.5, 0.6) is 5.75 Å². The Bertz CT molecular complexity index is 537. The van der Waals surface area contributed by atoms with E-state index in [1.807, 2.05) is 6.07 Å². The lowest BCUT2D eigenvalue weighted by Gasteiger charge is -2.23. The maximum absolute atomic E-state index is 14.1. The average Bonchev–Trinajstić information content (AvgIpc) is 3.22. The van der Waals surface area contributed by atoms with Crippen molar-refractivity contribution in [3.05, 3.63) is 29.3 Å². The highest BCUT2D eigenvalue weighted by molar-refractivity contribution is 6.00. The summed E-state index contributed by atoms with van der Waals surface area (Å²) in [5, 5.41) is 10.2. The lowest BCUT2D eigenvalue weighted by Crippen LogP contribution is -2.36. The molecule has 1 aromatic carbocycles. The zero-order chi connectivity index (χ0) is 14.3. The number of ketones is 1. The molecule has 0 radical (unpaired) electrons. The fourth-order valence-electron chi connectivity index (χ4n) is 3.06. The SMILES string of the molecule is COc1ccc2c(c1)CCCC(C(O)C1(F)CC1)C2=O. The third-order valence-electron chi connectivity index (χ3n) is 4.51. The van der Waals surface area contributed by atoms with Crippen LogP contribution in [0.15, 0.2) is 18.2 Å². The highest BCUT2D eigenvalue weighted by Crippen LogP contribution is 2.47. The number of alkyl halides is 1. The average molecular weight is 278 g/mol. The van der Waals surface area contributed by atoms with Gasteiger partial charge in [0.1, 0.15) is 11.4 Å². The smallest absolute Gasteiger partial charge is 0.168 e. The van der Waals surface area contributed by atoms with Crippen LogP contribution in [0.25, 0.3) is 0 Å². The Balaban J connectivity index is 1.91. The van der Waals surface area contributed by atoms with Gasteiger partial charge in [0.05, 0.1) is 19.1 Å². The van der Waals surface area contributed by atoms with Crippen molar-refractivity contribution in [2.75, 3.05) is 7.11 Å². The Labute approximate surface area is 117 Å². The van der Waals surface area contributed by atoms with Gasteiger partial charge in [-0.25, -0.2) is 4.39 Å². The number of carbonyl (C=O) groups is 1. The maximum atomic E-state index is 14.1. The van der Waals surface area contributed by atoms with Crippen LogP contribution in [0, 0.1) is 5.92 Å². The Morgan fingerprint density at radius 1 is 1.45 bits per heavy atom. The number of hydrogen-bond acceptors (Lipinski definition) is 3. The van der Waals surface area contributed by atoms with Crippen molar-refractivity contribution in [1.82, 2.24) is 0 Å². The number of fused-ring (bicyclic) bond motifs is 1. The number of methoxy groups -OCH3 is 1. The Kier molecular flexibility index (Phi) is 3.28. The van der Waals surface area contributed by atoms with E-state index >= 15 is 0 Å². The molecule has 2 aliphatic rings. The molecule has 0 spiro atoms. The van der Waals surface area contributed by atoms with Crippen molar-refractivity contribution in [3.8, 4) is 5.75 Å². The van der Waals surface area contributed by atoms with E-state index in [1.54, 1.807) is 19.2 Å². The molecule has 1 N–H and O–H groups in total. The molecule has 0 saturated heterocycles. The molecule has 2 unspecified atom stereocenters. The van der Waals surface area contributed by atoms with Crippen LogP contribution >= 0.6 is 0 Å². The first kappa shape index (κ1) is 13.6. The minimum atomic E-state index is -1.53. The van der Waals surface area contributed by atoms with Crippen molar-refractivity contribution >= 4 is 5.78 Å². The molecular formula is C16H19FO3. The van der Waals surface area contributed by atoms with E-state index in [1.165, 1.54) is 0 Å². The normalized spacial score (nSPS) is 25.6. The quantitative estimate of drug-likeness (QED) is 0.865.